The summed E-state index contributed by atoms with van der Waals surface area (Å²) in [4.78, 5) is 36.7. The van der Waals surface area contributed by atoms with Gasteiger partial charge in [-0.2, -0.15) is 0 Å². The SMILES string of the molecule is O=P(O)(O)CCCC1(P(=O)(O)O)CCCCCC1. The molecule has 108 valence electrons. The third-order valence-corrected chi connectivity index (χ3v) is 6.55. The molecular formula is C10H22O6P2. The smallest absolute Gasteiger partial charge is 0.324 e. The summed E-state index contributed by atoms with van der Waals surface area (Å²) in [7, 11) is -8.31. The minimum Gasteiger partial charge on any atom is -0.324 e. The highest BCUT2D eigenvalue weighted by molar-refractivity contribution is 7.53. The molecule has 1 fully saturated rings. The van der Waals surface area contributed by atoms with Crippen molar-refractivity contribution in [1.82, 2.24) is 0 Å². The molecule has 1 saturated carbocycles. The third kappa shape index (κ3) is 4.76. The minimum atomic E-state index is -4.23. The first kappa shape index (κ1) is 16.4. The van der Waals surface area contributed by atoms with E-state index < -0.39 is 20.3 Å². The van der Waals surface area contributed by atoms with Crippen LogP contribution in [0.15, 0.2) is 0 Å². The standard InChI is InChI=1S/C10H22O6P2/c11-17(12,13)9-5-8-10(18(14,15)16)6-3-1-2-4-7-10/h1-9H2,(H2,11,12,13)(H2,14,15,16). The van der Waals surface area contributed by atoms with E-state index in [9.17, 15) is 18.9 Å². The van der Waals surface area contributed by atoms with Gasteiger partial charge in [0.25, 0.3) is 0 Å². The molecule has 8 heteroatoms. The van der Waals surface area contributed by atoms with Crippen LogP contribution in [0.2, 0.25) is 0 Å². The van der Waals surface area contributed by atoms with E-state index in [0.717, 1.165) is 25.7 Å². The maximum absolute atomic E-state index is 11.7. The molecular weight excluding hydrogens is 278 g/mol. The molecule has 1 aliphatic rings. The van der Waals surface area contributed by atoms with Crippen LogP contribution in [0.3, 0.4) is 0 Å². The van der Waals surface area contributed by atoms with Crippen molar-refractivity contribution in [3.63, 3.8) is 0 Å². The quantitative estimate of drug-likeness (QED) is 0.457. The first-order chi connectivity index (χ1) is 8.16. The van der Waals surface area contributed by atoms with Crippen molar-refractivity contribution in [1.29, 1.82) is 0 Å². The van der Waals surface area contributed by atoms with Crippen molar-refractivity contribution in [2.75, 3.05) is 6.16 Å². The number of rotatable bonds is 5. The van der Waals surface area contributed by atoms with E-state index in [4.69, 9.17) is 9.79 Å². The molecule has 0 bridgehead atoms. The second kappa shape index (κ2) is 6.17. The molecule has 0 heterocycles. The first-order valence-corrected chi connectivity index (χ1v) is 9.68. The Balaban J connectivity index is 2.72. The lowest BCUT2D eigenvalue weighted by atomic mass is 9.94. The molecule has 0 unspecified atom stereocenters. The van der Waals surface area contributed by atoms with E-state index in [-0.39, 0.29) is 19.0 Å². The molecule has 1 aliphatic carbocycles. The van der Waals surface area contributed by atoms with Gasteiger partial charge in [-0.25, -0.2) is 0 Å². The van der Waals surface area contributed by atoms with Gasteiger partial charge in [0.05, 0.1) is 5.16 Å². The molecule has 0 saturated heterocycles. The molecule has 4 N–H and O–H groups in total. The largest absolute Gasteiger partial charge is 0.331 e. The van der Waals surface area contributed by atoms with Gasteiger partial charge in [-0.05, 0) is 25.7 Å². The Morgan fingerprint density at radius 1 is 0.889 bits per heavy atom. The summed E-state index contributed by atoms with van der Waals surface area (Å²) >= 11 is 0. The van der Waals surface area contributed by atoms with Crippen molar-refractivity contribution in [3.8, 4) is 0 Å². The van der Waals surface area contributed by atoms with E-state index in [1.165, 1.54) is 0 Å². The Bertz CT molecular complexity index is 349. The van der Waals surface area contributed by atoms with E-state index in [0.29, 0.717) is 12.8 Å². The Labute approximate surface area is 107 Å². The molecule has 0 amide bonds. The van der Waals surface area contributed by atoms with Gasteiger partial charge >= 0.3 is 15.2 Å². The Morgan fingerprint density at radius 3 is 1.78 bits per heavy atom. The second-order valence-corrected chi connectivity index (χ2v) is 8.99. The molecule has 0 aromatic carbocycles. The summed E-state index contributed by atoms with van der Waals surface area (Å²) in [5.74, 6) is 0. The van der Waals surface area contributed by atoms with Crippen LogP contribution >= 0.6 is 15.2 Å². The second-order valence-electron chi connectivity index (χ2n) is 5.17. The summed E-state index contributed by atoms with van der Waals surface area (Å²) in [5.41, 5.74) is 0. The summed E-state index contributed by atoms with van der Waals surface area (Å²) in [6, 6.07) is 0. The van der Waals surface area contributed by atoms with E-state index in [2.05, 4.69) is 0 Å². The van der Waals surface area contributed by atoms with Crippen LogP contribution in [0.4, 0.5) is 0 Å². The van der Waals surface area contributed by atoms with Gasteiger partial charge in [0.15, 0.2) is 0 Å². The lowest BCUT2D eigenvalue weighted by molar-refractivity contribution is 0.294. The van der Waals surface area contributed by atoms with Crippen molar-refractivity contribution in [2.24, 2.45) is 0 Å². The average molecular weight is 300 g/mol. The predicted octanol–water partition coefficient (Wildman–Crippen LogP) is 2.21. The fraction of sp³-hybridized carbons (Fsp3) is 1.00. The molecule has 18 heavy (non-hydrogen) atoms. The first-order valence-electron chi connectivity index (χ1n) is 6.27. The fourth-order valence-corrected chi connectivity index (χ4v) is 4.61. The van der Waals surface area contributed by atoms with Crippen LogP contribution in [0.1, 0.15) is 51.4 Å². The molecule has 0 aromatic heterocycles. The topological polar surface area (TPSA) is 115 Å². The van der Waals surface area contributed by atoms with Crippen molar-refractivity contribution < 1.29 is 28.7 Å². The zero-order chi connectivity index (χ0) is 13.9. The zero-order valence-electron chi connectivity index (χ0n) is 10.4. The van der Waals surface area contributed by atoms with E-state index >= 15 is 0 Å². The molecule has 0 atom stereocenters. The highest BCUT2D eigenvalue weighted by atomic mass is 31.2. The summed E-state index contributed by atoms with van der Waals surface area (Å²) < 4.78 is 22.5. The van der Waals surface area contributed by atoms with Gasteiger partial charge in [-0.1, -0.05) is 25.7 Å². The lowest BCUT2D eigenvalue weighted by Gasteiger charge is -2.33. The Kier molecular flexibility index (Phi) is 5.60. The molecule has 0 spiro atoms. The summed E-state index contributed by atoms with van der Waals surface area (Å²) in [6.07, 6.45) is 4.48. The maximum atomic E-state index is 11.7. The number of hydrogen-bond acceptors (Lipinski definition) is 2. The molecule has 1 rings (SSSR count). The van der Waals surface area contributed by atoms with E-state index in [1.54, 1.807) is 0 Å². The summed E-state index contributed by atoms with van der Waals surface area (Å²) in [6.45, 7) is 0. The van der Waals surface area contributed by atoms with Crippen LogP contribution in [0, 0.1) is 0 Å². The van der Waals surface area contributed by atoms with Crippen LogP contribution in [0.25, 0.3) is 0 Å². The minimum absolute atomic E-state index is 0.162. The van der Waals surface area contributed by atoms with Gasteiger partial charge < -0.3 is 19.6 Å². The van der Waals surface area contributed by atoms with Crippen LogP contribution < -0.4 is 0 Å². The maximum Gasteiger partial charge on any atom is 0.331 e. The Hall–Kier alpha value is 0.300. The van der Waals surface area contributed by atoms with Crippen LogP contribution in [-0.2, 0) is 9.13 Å². The van der Waals surface area contributed by atoms with Crippen molar-refractivity contribution in [3.05, 3.63) is 0 Å². The van der Waals surface area contributed by atoms with Crippen molar-refractivity contribution >= 4 is 15.2 Å². The van der Waals surface area contributed by atoms with Crippen LogP contribution in [-0.4, -0.2) is 30.9 Å². The molecule has 0 aliphatic heterocycles. The third-order valence-electron chi connectivity index (χ3n) is 3.74. The monoisotopic (exact) mass is 300 g/mol. The lowest BCUT2D eigenvalue weighted by Crippen LogP contribution is -2.28. The number of hydrogen-bond donors (Lipinski definition) is 4. The molecule has 0 aromatic rings. The highest BCUT2D eigenvalue weighted by Gasteiger charge is 2.45. The van der Waals surface area contributed by atoms with Gasteiger partial charge in [0.2, 0.25) is 0 Å². The molecule has 6 nitrogen and oxygen atoms in total. The van der Waals surface area contributed by atoms with Gasteiger partial charge in [-0.3, -0.25) is 9.13 Å². The van der Waals surface area contributed by atoms with E-state index in [1.807, 2.05) is 0 Å². The molecule has 0 radical (unpaired) electrons. The van der Waals surface area contributed by atoms with Crippen LogP contribution in [0.5, 0.6) is 0 Å². The highest BCUT2D eigenvalue weighted by Crippen LogP contribution is 2.59. The van der Waals surface area contributed by atoms with Gasteiger partial charge in [-0.15, -0.1) is 0 Å². The zero-order valence-corrected chi connectivity index (χ0v) is 12.2. The fourth-order valence-electron chi connectivity index (χ4n) is 2.69. The normalized spacial score (nSPS) is 21.6. The van der Waals surface area contributed by atoms with Gasteiger partial charge in [0, 0.05) is 6.16 Å². The van der Waals surface area contributed by atoms with Gasteiger partial charge in [0.1, 0.15) is 0 Å². The summed E-state index contributed by atoms with van der Waals surface area (Å²) in [5, 5.41) is -1.06. The predicted molar refractivity (Wildman–Crippen MR) is 68.6 cm³/mol. The Morgan fingerprint density at radius 2 is 1.39 bits per heavy atom. The average Bonchev–Trinajstić information content (AvgIpc) is 2.41. The van der Waals surface area contributed by atoms with Crippen molar-refractivity contribution in [2.45, 2.75) is 56.5 Å².